The first kappa shape index (κ1) is 21.6. The number of hydrogen-bond acceptors (Lipinski definition) is 5. The van der Waals surface area contributed by atoms with E-state index in [1.807, 2.05) is 0 Å². The normalized spacial score (nSPS) is 11.3. The second-order valence-corrected chi connectivity index (χ2v) is 5.72. The fourth-order valence-corrected chi connectivity index (χ4v) is 2.16. The lowest BCUT2D eigenvalue weighted by Crippen LogP contribution is -2.42. The Labute approximate surface area is 165 Å². The predicted octanol–water partition coefficient (Wildman–Crippen LogP) is 2.98. The molecule has 0 aliphatic rings. The molecule has 2 aromatic rings. The predicted molar refractivity (Wildman–Crippen MR) is 101 cm³/mol. The molecule has 0 heterocycles. The number of carbonyl (C=O) groups excluding carboxylic acids is 3. The van der Waals surface area contributed by atoms with Crippen molar-refractivity contribution in [1.82, 2.24) is 5.32 Å². The van der Waals surface area contributed by atoms with Crippen LogP contribution in [0.2, 0.25) is 0 Å². The van der Waals surface area contributed by atoms with E-state index >= 15 is 0 Å². The van der Waals surface area contributed by atoms with Gasteiger partial charge in [0, 0.05) is 5.69 Å². The number of halogens is 2. The molecule has 2 rings (SSSR count). The van der Waals surface area contributed by atoms with Crippen LogP contribution in [0.4, 0.5) is 25.0 Å². The van der Waals surface area contributed by atoms with E-state index < -0.39 is 37.2 Å². The third-order valence-electron chi connectivity index (χ3n) is 3.46. The van der Waals surface area contributed by atoms with Crippen molar-refractivity contribution in [3.8, 4) is 5.75 Å². The lowest BCUT2D eigenvalue weighted by molar-refractivity contribution is -0.148. The van der Waals surface area contributed by atoms with Crippen molar-refractivity contribution in [3.63, 3.8) is 0 Å². The maximum atomic E-state index is 12.4. The van der Waals surface area contributed by atoms with Crippen LogP contribution in [0.25, 0.3) is 0 Å². The van der Waals surface area contributed by atoms with Crippen LogP contribution in [0.5, 0.6) is 5.75 Å². The molecule has 2 aromatic carbocycles. The van der Waals surface area contributed by atoms with Gasteiger partial charge < -0.3 is 25.4 Å². The number of hydrogen-bond donors (Lipinski definition) is 3. The van der Waals surface area contributed by atoms with Gasteiger partial charge in [-0.05, 0) is 31.2 Å². The molecule has 0 aromatic heterocycles. The van der Waals surface area contributed by atoms with Gasteiger partial charge in [0.15, 0.2) is 6.61 Å². The number of amides is 3. The first-order chi connectivity index (χ1) is 13.8. The molecule has 0 spiro atoms. The summed E-state index contributed by atoms with van der Waals surface area (Å²) in [6, 6.07) is 12.5. The second-order valence-electron chi connectivity index (χ2n) is 5.72. The number of alkyl halides is 2. The van der Waals surface area contributed by atoms with Crippen LogP contribution in [0, 0.1) is 0 Å². The van der Waals surface area contributed by atoms with Crippen LogP contribution in [0.1, 0.15) is 6.92 Å². The van der Waals surface area contributed by atoms with Gasteiger partial charge in [-0.2, -0.15) is 8.78 Å². The van der Waals surface area contributed by atoms with E-state index in [0.717, 1.165) is 0 Å². The molecule has 0 radical (unpaired) electrons. The maximum Gasteiger partial charge on any atom is 0.387 e. The highest BCUT2D eigenvalue weighted by Gasteiger charge is 2.19. The smallest absolute Gasteiger partial charge is 0.387 e. The molecule has 10 heteroatoms. The SMILES string of the molecule is C[C@H](NC(=O)Nc1ccccc1)C(=O)OCC(=O)Nc1ccccc1OC(F)F. The number of para-hydroxylation sites is 3. The highest BCUT2D eigenvalue weighted by Crippen LogP contribution is 2.25. The number of rotatable bonds is 8. The Hall–Kier alpha value is -3.69. The molecule has 3 amide bonds. The lowest BCUT2D eigenvalue weighted by Gasteiger charge is -2.15. The summed E-state index contributed by atoms with van der Waals surface area (Å²) in [6.45, 7) is -2.34. The van der Waals surface area contributed by atoms with Gasteiger partial charge in [0.1, 0.15) is 11.8 Å². The maximum absolute atomic E-state index is 12.4. The van der Waals surface area contributed by atoms with Gasteiger partial charge in [-0.1, -0.05) is 30.3 Å². The third kappa shape index (κ3) is 7.45. The van der Waals surface area contributed by atoms with Gasteiger partial charge in [-0.25, -0.2) is 9.59 Å². The van der Waals surface area contributed by atoms with Crippen molar-refractivity contribution in [1.29, 1.82) is 0 Å². The summed E-state index contributed by atoms with van der Waals surface area (Å²) < 4.78 is 33.9. The number of ether oxygens (including phenoxy) is 2. The number of carbonyl (C=O) groups is 3. The Kier molecular flexibility index (Phi) is 7.89. The number of nitrogens with one attached hydrogen (secondary N) is 3. The largest absolute Gasteiger partial charge is 0.454 e. The molecular weight excluding hydrogens is 388 g/mol. The van der Waals surface area contributed by atoms with Gasteiger partial charge in [0.25, 0.3) is 5.91 Å². The summed E-state index contributed by atoms with van der Waals surface area (Å²) in [5.41, 5.74) is 0.539. The van der Waals surface area contributed by atoms with Gasteiger partial charge in [0.05, 0.1) is 5.69 Å². The number of benzene rings is 2. The lowest BCUT2D eigenvalue weighted by atomic mass is 10.3. The quantitative estimate of drug-likeness (QED) is 0.584. The van der Waals surface area contributed by atoms with E-state index in [1.54, 1.807) is 30.3 Å². The van der Waals surface area contributed by atoms with E-state index in [4.69, 9.17) is 4.74 Å². The van der Waals surface area contributed by atoms with Crippen LogP contribution in [0.15, 0.2) is 54.6 Å². The molecule has 0 bridgehead atoms. The summed E-state index contributed by atoms with van der Waals surface area (Å²) in [5, 5.41) is 7.22. The summed E-state index contributed by atoms with van der Waals surface area (Å²) in [7, 11) is 0. The monoisotopic (exact) mass is 407 g/mol. The van der Waals surface area contributed by atoms with Crippen LogP contribution < -0.4 is 20.7 Å². The first-order valence-electron chi connectivity index (χ1n) is 8.48. The van der Waals surface area contributed by atoms with Crippen molar-refractivity contribution >= 4 is 29.3 Å². The summed E-state index contributed by atoms with van der Waals surface area (Å²) in [6.07, 6.45) is 0. The molecule has 3 N–H and O–H groups in total. The molecule has 0 aliphatic carbocycles. The van der Waals surface area contributed by atoms with Gasteiger partial charge in [0.2, 0.25) is 0 Å². The average Bonchev–Trinajstić information content (AvgIpc) is 2.68. The standard InChI is InChI=1S/C19H19F2N3O5/c1-12(22-19(27)23-13-7-3-2-4-8-13)17(26)28-11-16(25)24-14-9-5-6-10-15(14)29-18(20)21/h2-10,12,18H,11H2,1H3,(H,24,25)(H2,22,23,27)/t12-/m0/s1. The Balaban J connectivity index is 1.79. The zero-order valence-electron chi connectivity index (χ0n) is 15.4. The van der Waals surface area contributed by atoms with Crippen molar-refractivity contribution in [3.05, 3.63) is 54.6 Å². The van der Waals surface area contributed by atoms with E-state index in [2.05, 4.69) is 20.7 Å². The highest BCUT2D eigenvalue weighted by atomic mass is 19.3. The van der Waals surface area contributed by atoms with Crippen molar-refractivity contribution in [2.24, 2.45) is 0 Å². The molecule has 0 fully saturated rings. The van der Waals surface area contributed by atoms with E-state index in [0.29, 0.717) is 5.69 Å². The molecule has 29 heavy (non-hydrogen) atoms. The Morgan fingerprint density at radius 3 is 2.31 bits per heavy atom. The van der Waals surface area contributed by atoms with Crippen LogP contribution in [0.3, 0.4) is 0 Å². The van der Waals surface area contributed by atoms with Crippen molar-refractivity contribution in [2.75, 3.05) is 17.2 Å². The summed E-state index contributed by atoms with van der Waals surface area (Å²) in [5.74, 6) is -1.83. The van der Waals surface area contributed by atoms with E-state index in [9.17, 15) is 23.2 Å². The molecule has 0 saturated heterocycles. The fourth-order valence-electron chi connectivity index (χ4n) is 2.16. The minimum Gasteiger partial charge on any atom is -0.454 e. The molecule has 0 unspecified atom stereocenters. The number of esters is 1. The number of urea groups is 1. The van der Waals surface area contributed by atoms with Gasteiger partial charge >= 0.3 is 18.6 Å². The number of anilines is 2. The van der Waals surface area contributed by atoms with Gasteiger partial charge in [-0.3, -0.25) is 4.79 Å². The van der Waals surface area contributed by atoms with Gasteiger partial charge in [-0.15, -0.1) is 0 Å². The van der Waals surface area contributed by atoms with Crippen molar-refractivity contribution < 1.29 is 32.6 Å². The summed E-state index contributed by atoms with van der Waals surface area (Å²) in [4.78, 5) is 35.7. The molecule has 8 nitrogen and oxygen atoms in total. The first-order valence-corrected chi connectivity index (χ1v) is 8.48. The fraction of sp³-hybridized carbons (Fsp3) is 0.211. The molecule has 0 aliphatic heterocycles. The minimum atomic E-state index is -3.06. The molecule has 0 saturated carbocycles. The second kappa shape index (κ2) is 10.6. The third-order valence-corrected chi connectivity index (χ3v) is 3.46. The molecular formula is C19H19F2N3O5. The Morgan fingerprint density at radius 2 is 1.62 bits per heavy atom. The highest BCUT2D eigenvalue weighted by molar-refractivity contribution is 5.95. The Bertz CT molecular complexity index is 849. The molecule has 154 valence electrons. The average molecular weight is 407 g/mol. The van der Waals surface area contributed by atoms with Crippen LogP contribution in [-0.2, 0) is 14.3 Å². The zero-order valence-corrected chi connectivity index (χ0v) is 15.4. The Morgan fingerprint density at radius 1 is 0.966 bits per heavy atom. The topological polar surface area (TPSA) is 106 Å². The van der Waals surface area contributed by atoms with Crippen LogP contribution in [-0.4, -0.2) is 37.2 Å². The zero-order chi connectivity index (χ0) is 21.2. The van der Waals surface area contributed by atoms with E-state index in [1.165, 1.54) is 31.2 Å². The van der Waals surface area contributed by atoms with E-state index in [-0.39, 0.29) is 11.4 Å². The van der Waals surface area contributed by atoms with Crippen LogP contribution >= 0.6 is 0 Å². The molecule has 1 atom stereocenters. The van der Waals surface area contributed by atoms with Crippen molar-refractivity contribution in [2.45, 2.75) is 19.6 Å². The summed E-state index contributed by atoms with van der Waals surface area (Å²) >= 11 is 0. The minimum absolute atomic E-state index is 0.00209.